The molecule has 2 aromatic carbocycles. The quantitative estimate of drug-likeness (QED) is 0.553. The second-order valence-electron chi connectivity index (χ2n) is 8.46. The van der Waals surface area contributed by atoms with E-state index in [2.05, 4.69) is 38.6 Å². The van der Waals surface area contributed by atoms with Crippen molar-refractivity contribution in [2.45, 2.75) is 19.9 Å². The fourth-order valence-corrected chi connectivity index (χ4v) is 4.39. The minimum Gasteiger partial charge on any atom is -0.497 e. The van der Waals surface area contributed by atoms with Gasteiger partial charge in [-0.05, 0) is 73.5 Å². The monoisotopic (exact) mass is 448 g/mol. The van der Waals surface area contributed by atoms with E-state index in [0.29, 0.717) is 6.54 Å². The number of ether oxygens (including phenoxy) is 1. The van der Waals surface area contributed by atoms with Gasteiger partial charge >= 0.3 is 6.03 Å². The number of piperazine rings is 1. The number of anilines is 2. The standard InChI is InChI=1S/C26H32N4O3/c1-19-15-20(2)17-21(16-19)28-26(31)27-18-24(25-5-4-14-33-25)30-12-10-29(11-13-30)22-6-8-23(32-3)9-7-22/h4-9,14-17,24H,10-13,18H2,1-3H3,(H2,27,28,31). The van der Waals surface area contributed by atoms with Crippen LogP contribution in [0.4, 0.5) is 16.2 Å². The van der Waals surface area contributed by atoms with Crippen LogP contribution in [0.5, 0.6) is 5.75 Å². The molecule has 7 heteroatoms. The number of hydrogen-bond donors (Lipinski definition) is 2. The van der Waals surface area contributed by atoms with E-state index >= 15 is 0 Å². The van der Waals surface area contributed by atoms with Crippen LogP contribution < -0.4 is 20.3 Å². The van der Waals surface area contributed by atoms with Crippen LogP contribution in [0.3, 0.4) is 0 Å². The van der Waals surface area contributed by atoms with Crippen LogP contribution in [0.1, 0.15) is 22.9 Å². The third-order valence-corrected chi connectivity index (χ3v) is 6.00. The van der Waals surface area contributed by atoms with E-state index in [1.807, 2.05) is 50.2 Å². The van der Waals surface area contributed by atoms with Crippen LogP contribution in [0, 0.1) is 13.8 Å². The van der Waals surface area contributed by atoms with E-state index in [-0.39, 0.29) is 12.1 Å². The summed E-state index contributed by atoms with van der Waals surface area (Å²) in [6, 6.07) is 17.8. The van der Waals surface area contributed by atoms with Crippen LogP contribution in [0.15, 0.2) is 65.3 Å². The van der Waals surface area contributed by atoms with Gasteiger partial charge in [-0.15, -0.1) is 0 Å². The van der Waals surface area contributed by atoms with Crippen LogP contribution in [-0.4, -0.2) is 50.8 Å². The number of furan rings is 1. The lowest BCUT2D eigenvalue weighted by Crippen LogP contribution is -2.50. The zero-order chi connectivity index (χ0) is 23.2. The maximum atomic E-state index is 12.6. The molecule has 1 unspecified atom stereocenters. The zero-order valence-electron chi connectivity index (χ0n) is 19.5. The molecule has 2 N–H and O–H groups in total. The topological polar surface area (TPSA) is 70.0 Å². The largest absolute Gasteiger partial charge is 0.497 e. The van der Waals surface area contributed by atoms with Crippen molar-refractivity contribution in [3.05, 3.63) is 77.7 Å². The molecule has 0 saturated carbocycles. The Kier molecular flexibility index (Phi) is 7.19. The number of methoxy groups -OCH3 is 1. The second kappa shape index (κ2) is 10.4. The van der Waals surface area contributed by atoms with Crippen LogP contribution in [-0.2, 0) is 0 Å². The number of rotatable bonds is 7. The van der Waals surface area contributed by atoms with Crippen LogP contribution in [0.2, 0.25) is 0 Å². The van der Waals surface area contributed by atoms with E-state index in [1.54, 1.807) is 13.4 Å². The van der Waals surface area contributed by atoms with Gasteiger partial charge in [0.1, 0.15) is 11.5 Å². The zero-order valence-corrected chi connectivity index (χ0v) is 19.5. The summed E-state index contributed by atoms with van der Waals surface area (Å²) in [6.45, 7) is 8.06. The summed E-state index contributed by atoms with van der Waals surface area (Å²) >= 11 is 0. The highest BCUT2D eigenvalue weighted by molar-refractivity contribution is 5.89. The number of carbonyl (C=O) groups excluding carboxylic acids is 1. The van der Waals surface area contributed by atoms with E-state index in [9.17, 15) is 4.79 Å². The van der Waals surface area contributed by atoms with Crippen molar-refractivity contribution in [2.24, 2.45) is 0 Å². The molecule has 174 valence electrons. The van der Waals surface area contributed by atoms with Crippen molar-refractivity contribution in [3.8, 4) is 5.75 Å². The van der Waals surface area contributed by atoms with Crippen molar-refractivity contribution in [2.75, 3.05) is 50.1 Å². The number of aryl methyl sites for hydroxylation is 2. The first-order valence-electron chi connectivity index (χ1n) is 11.3. The molecule has 2 heterocycles. The number of hydrogen-bond acceptors (Lipinski definition) is 5. The number of amides is 2. The highest BCUT2D eigenvalue weighted by Crippen LogP contribution is 2.25. The molecular weight excluding hydrogens is 416 g/mol. The molecule has 33 heavy (non-hydrogen) atoms. The highest BCUT2D eigenvalue weighted by Gasteiger charge is 2.27. The lowest BCUT2D eigenvalue weighted by atomic mass is 10.1. The molecule has 1 atom stereocenters. The molecule has 1 fully saturated rings. The number of carbonyl (C=O) groups is 1. The van der Waals surface area contributed by atoms with Crippen LogP contribution in [0.25, 0.3) is 0 Å². The van der Waals surface area contributed by atoms with Gasteiger partial charge in [-0.25, -0.2) is 4.79 Å². The van der Waals surface area contributed by atoms with Gasteiger partial charge in [-0.1, -0.05) is 6.07 Å². The molecule has 0 radical (unpaired) electrons. The van der Waals surface area contributed by atoms with Gasteiger partial charge in [-0.3, -0.25) is 4.90 Å². The van der Waals surface area contributed by atoms with Gasteiger partial charge in [0.15, 0.2) is 0 Å². The Morgan fingerprint density at radius 3 is 2.33 bits per heavy atom. The average Bonchev–Trinajstić information content (AvgIpc) is 3.34. The van der Waals surface area contributed by atoms with Crippen molar-refractivity contribution >= 4 is 17.4 Å². The minimum absolute atomic E-state index is 0.0250. The third kappa shape index (κ3) is 5.87. The van der Waals surface area contributed by atoms with Gasteiger partial charge in [-0.2, -0.15) is 0 Å². The maximum absolute atomic E-state index is 12.6. The number of nitrogens with zero attached hydrogens (tertiary/aromatic N) is 2. The molecule has 0 bridgehead atoms. The first-order valence-corrected chi connectivity index (χ1v) is 11.3. The fraction of sp³-hybridized carbons (Fsp3) is 0.346. The highest BCUT2D eigenvalue weighted by atomic mass is 16.5. The van der Waals surface area contributed by atoms with Crippen molar-refractivity contribution in [1.82, 2.24) is 10.2 Å². The smallest absolute Gasteiger partial charge is 0.319 e. The Labute approximate surface area is 195 Å². The Hall–Kier alpha value is -3.45. The van der Waals surface area contributed by atoms with Gasteiger partial charge in [0.2, 0.25) is 0 Å². The van der Waals surface area contributed by atoms with Crippen molar-refractivity contribution < 1.29 is 13.9 Å². The Morgan fingerprint density at radius 2 is 1.73 bits per heavy atom. The lowest BCUT2D eigenvalue weighted by molar-refractivity contribution is 0.162. The summed E-state index contributed by atoms with van der Waals surface area (Å²) in [5.41, 5.74) is 4.23. The fourth-order valence-electron chi connectivity index (χ4n) is 4.39. The van der Waals surface area contributed by atoms with Gasteiger partial charge in [0, 0.05) is 44.1 Å². The normalized spacial score (nSPS) is 15.2. The second-order valence-corrected chi connectivity index (χ2v) is 8.46. The maximum Gasteiger partial charge on any atom is 0.319 e. The van der Waals surface area contributed by atoms with Crippen LogP contribution >= 0.6 is 0 Å². The van der Waals surface area contributed by atoms with Gasteiger partial charge in [0.25, 0.3) is 0 Å². The molecular formula is C26H32N4O3. The Bertz CT molecular complexity index is 1020. The summed E-state index contributed by atoms with van der Waals surface area (Å²) in [6.07, 6.45) is 1.69. The summed E-state index contributed by atoms with van der Waals surface area (Å²) < 4.78 is 11.0. The summed E-state index contributed by atoms with van der Waals surface area (Å²) in [5, 5.41) is 5.98. The average molecular weight is 449 g/mol. The van der Waals surface area contributed by atoms with E-state index in [0.717, 1.165) is 54.5 Å². The SMILES string of the molecule is COc1ccc(N2CCN(C(CNC(=O)Nc3cc(C)cc(C)c3)c3ccco3)CC2)cc1. The molecule has 7 nitrogen and oxygen atoms in total. The predicted molar refractivity (Wildman–Crippen MR) is 131 cm³/mol. The first-order chi connectivity index (χ1) is 16.0. The molecule has 1 aliphatic heterocycles. The number of nitrogens with one attached hydrogen (secondary N) is 2. The third-order valence-electron chi connectivity index (χ3n) is 6.00. The van der Waals surface area contributed by atoms with Crippen molar-refractivity contribution in [3.63, 3.8) is 0 Å². The molecule has 1 saturated heterocycles. The van der Waals surface area contributed by atoms with Gasteiger partial charge in [0.05, 0.1) is 19.4 Å². The molecule has 0 aliphatic carbocycles. The molecule has 3 aromatic rings. The Morgan fingerprint density at radius 1 is 1.03 bits per heavy atom. The van der Waals surface area contributed by atoms with E-state index in [1.165, 1.54) is 5.69 Å². The summed E-state index contributed by atoms with van der Waals surface area (Å²) in [7, 11) is 1.68. The number of benzene rings is 2. The predicted octanol–water partition coefficient (Wildman–Crippen LogP) is 4.59. The van der Waals surface area contributed by atoms with Crippen molar-refractivity contribution in [1.29, 1.82) is 0 Å². The van der Waals surface area contributed by atoms with E-state index < -0.39 is 0 Å². The first kappa shape index (κ1) is 22.7. The summed E-state index contributed by atoms with van der Waals surface area (Å²) in [5.74, 6) is 1.72. The molecule has 4 rings (SSSR count). The molecule has 1 aliphatic rings. The molecule has 2 amide bonds. The lowest BCUT2D eigenvalue weighted by Gasteiger charge is -2.39. The minimum atomic E-state index is -0.214. The molecule has 1 aromatic heterocycles. The number of urea groups is 1. The molecule has 0 spiro atoms. The Balaban J connectivity index is 1.36. The summed E-state index contributed by atoms with van der Waals surface area (Å²) in [4.78, 5) is 17.3. The van der Waals surface area contributed by atoms with Gasteiger partial charge < -0.3 is 24.7 Å². The van der Waals surface area contributed by atoms with E-state index in [4.69, 9.17) is 9.15 Å².